The van der Waals surface area contributed by atoms with Crippen molar-refractivity contribution in [2.24, 2.45) is 0 Å². The van der Waals surface area contributed by atoms with Gasteiger partial charge in [0.05, 0.1) is 5.57 Å². The molecule has 5 heteroatoms. The van der Waals surface area contributed by atoms with Gasteiger partial charge in [0.15, 0.2) is 0 Å². The Labute approximate surface area is 81.0 Å². The fraction of sp³-hybridized carbons (Fsp3) is 0.444. The number of aliphatic carboxylic acids is 2. The van der Waals surface area contributed by atoms with Crippen LogP contribution in [-0.2, 0) is 14.4 Å². The average Bonchev–Trinajstić information content (AvgIpc) is 2.02. The van der Waals surface area contributed by atoms with Crippen LogP contribution in [0.2, 0.25) is 0 Å². The van der Waals surface area contributed by atoms with E-state index in [2.05, 4.69) is 0 Å². The zero-order valence-electron chi connectivity index (χ0n) is 8.03. The molecule has 0 saturated carbocycles. The van der Waals surface area contributed by atoms with Crippen molar-refractivity contribution < 1.29 is 24.6 Å². The van der Waals surface area contributed by atoms with E-state index in [-0.39, 0.29) is 29.8 Å². The molecular formula is C9H12O5. The van der Waals surface area contributed by atoms with E-state index in [1.54, 1.807) is 0 Å². The smallest absolute Gasteiger partial charge is 0.332 e. The summed E-state index contributed by atoms with van der Waals surface area (Å²) in [7, 11) is 0. The van der Waals surface area contributed by atoms with Crippen LogP contribution in [0.1, 0.15) is 26.7 Å². The zero-order valence-corrected chi connectivity index (χ0v) is 8.03. The number of Topliss-reactive ketones (excluding diaryl/α,β-unsaturated/α-hetero) is 1. The zero-order chi connectivity index (χ0) is 11.3. The lowest BCUT2D eigenvalue weighted by atomic mass is 10.0. The van der Waals surface area contributed by atoms with Crippen molar-refractivity contribution in [3.8, 4) is 0 Å². The summed E-state index contributed by atoms with van der Waals surface area (Å²) >= 11 is 0. The second-order valence-electron chi connectivity index (χ2n) is 2.80. The van der Waals surface area contributed by atoms with Gasteiger partial charge in [0.25, 0.3) is 0 Å². The van der Waals surface area contributed by atoms with Crippen LogP contribution >= 0.6 is 0 Å². The molecule has 2 N–H and O–H groups in total. The third-order valence-electron chi connectivity index (χ3n) is 1.66. The molecule has 0 aromatic rings. The Balaban J connectivity index is 5.20. The van der Waals surface area contributed by atoms with Crippen LogP contribution in [0.4, 0.5) is 0 Å². The Morgan fingerprint density at radius 1 is 1.00 bits per heavy atom. The van der Waals surface area contributed by atoms with Gasteiger partial charge in [-0.25, -0.2) is 9.59 Å². The Hall–Kier alpha value is -1.65. The van der Waals surface area contributed by atoms with Crippen LogP contribution in [0.3, 0.4) is 0 Å². The highest BCUT2D eigenvalue weighted by molar-refractivity contribution is 6.02. The molecule has 0 heterocycles. The number of hydrogen-bond donors (Lipinski definition) is 2. The Kier molecular flexibility index (Phi) is 4.55. The van der Waals surface area contributed by atoms with Gasteiger partial charge in [0.2, 0.25) is 0 Å². The number of ketones is 1. The van der Waals surface area contributed by atoms with E-state index in [1.807, 2.05) is 0 Å². The van der Waals surface area contributed by atoms with Crippen LogP contribution < -0.4 is 0 Å². The minimum Gasteiger partial charge on any atom is -0.478 e. The van der Waals surface area contributed by atoms with Crippen LogP contribution in [0.25, 0.3) is 0 Å². The van der Waals surface area contributed by atoms with Gasteiger partial charge in [0.1, 0.15) is 5.78 Å². The normalized spacial score (nSPS) is 11.9. The lowest BCUT2D eigenvalue weighted by Crippen LogP contribution is -2.13. The molecule has 0 aliphatic heterocycles. The molecule has 0 aromatic heterocycles. The van der Waals surface area contributed by atoms with Crippen molar-refractivity contribution in [1.29, 1.82) is 0 Å². The van der Waals surface area contributed by atoms with Crippen LogP contribution in [-0.4, -0.2) is 27.9 Å². The standard InChI is InChI=1S/C9H12O5/c1-3-6(8(11)12)7(9(13)14)4-5(2)10/h3-4H2,1-2H3,(H,11,12)(H,13,14). The molecule has 0 radical (unpaired) electrons. The van der Waals surface area contributed by atoms with E-state index in [4.69, 9.17) is 10.2 Å². The number of carbonyl (C=O) groups excluding carboxylic acids is 1. The molecule has 0 unspecified atom stereocenters. The molecule has 0 aromatic carbocycles. The highest BCUT2D eigenvalue weighted by Crippen LogP contribution is 2.13. The molecule has 0 amide bonds. The first kappa shape index (κ1) is 12.3. The predicted molar refractivity (Wildman–Crippen MR) is 47.9 cm³/mol. The van der Waals surface area contributed by atoms with Crippen LogP contribution in [0.15, 0.2) is 11.1 Å². The van der Waals surface area contributed by atoms with Crippen molar-refractivity contribution in [3.05, 3.63) is 11.1 Å². The van der Waals surface area contributed by atoms with E-state index >= 15 is 0 Å². The molecule has 0 aliphatic rings. The molecule has 0 fully saturated rings. The van der Waals surface area contributed by atoms with Gasteiger partial charge < -0.3 is 10.2 Å². The number of hydrogen-bond acceptors (Lipinski definition) is 3. The monoisotopic (exact) mass is 200 g/mol. The number of carbonyl (C=O) groups is 3. The Morgan fingerprint density at radius 2 is 1.43 bits per heavy atom. The Morgan fingerprint density at radius 3 is 1.64 bits per heavy atom. The topological polar surface area (TPSA) is 91.7 Å². The van der Waals surface area contributed by atoms with Crippen molar-refractivity contribution in [1.82, 2.24) is 0 Å². The molecule has 0 rings (SSSR count). The van der Waals surface area contributed by atoms with E-state index in [0.717, 1.165) is 0 Å². The summed E-state index contributed by atoms with van der Waals surface area (Å²) in [5.41, 5.74) is -0.541. The van der Waals surface area contributed by atoms with Gasteiger partial charge in [0, 0.05) is 12.0 Å². The first-order valence-electron chi connectivity index (χ1n) is 4.08. The van der Waals surface area contributed by atoms with Gasteiger partial charge in [-0.2, -0.15) is 0 Å². The summed E-state index contributed by atoms with van der Waals surface area (Å²) in [6, 6.07) is 0. The van der Waals surface area contributed by atoms with Gasteiger partial charge in [-0.3, -0.25) is 4.79 Å². The fourth-order valence-corrected chi connectivity index (χ4v) is 1.05. The van der Waals surface area contributed by atoms with E-state index in [9.17, 15) is 14.4 Å². The van der Waals surface area contributed by atoms with Crippen molar-refractivity contribution in [2.45, 2.75) is 26.7 Å². The molecule has 5 nitrogen and oxygen atoms in total. The van der Waals surface area contributed by atoms with Crippen molar-refractivity contribution in [2.75, 3.05) is 0 Å². The third-order valence-corrected chi connectivity index (χ3v) is 1.66. The summed E-state index contributed by atoms with van der Waals surface area (Å²) in [6.45, 7) is 2.75. The SMILES string of the molecule is CCC(C(=O)O)=C(CC(C)=O)C(=O)O. The molecule has 0 saturated heterocycles. The first-order chi connectivity index (χ1) is 6.40. The van der Waals surface area contributed by atoms with Gasteiger partial charge in [-0.15, -0.1) is 0 Å². The van der Waals surface area contributed by atoms with Crippen LogP contribution in [0.5, 0.6) is 0 Å². The van der Waals surface area contributed by atoms with Crippen molar-refractivity contribution >= 4 is 17.7 Å². The van der Waals surface area contributed by atoms with Gasteiger partial charge >= 0.3 is 11.9 Å². The Bertz CT molecular complexity index is 300. The summed E-state index contributed by atoms with van der Waals surface area (Å²) < 4.78 is 0. The molecule has 0 bridgehead atoms. The summed E-state index contributed by atoms with van der Waals surface area (Å²) in [5.74, 6) is -3.00. The largest absolute Gasteiger partial charge is 0.478 e. The molecule has 14 heavy (non-hydrogen) atoms. The van der Waals surface area contributed by atoms with E-state index in [0.29, 0.717) is 0 Å². The maximum absolute atomic E-state index is 10.7. The maximum Gasteiger partial charge on any atom is 0.332 e. The minimum atomic E-state index is -1.35. The quantitative estimate of drug-likeness (QED) is 0.641. The first-order valence-corrected chi connectivity index (χ1v) is 4.08. The molecule has 0 aliphatic carbocycles. The molecular weight excluding hydrogens is 188 g/mol. The number of carboxylic acid groups (broad SMARTS) is 2. The lowest BCUT2D eigenvalue weighted by Gasteiger charge is -2.04. The fourth-order valence-electron chi connectivity index (χ4n) is 1.05. The van der Waals surface area contributed by atoms with Gasteiger partial charge in [-0.1, -0.05) is 6.92 Å². The van der Waals surface area contributed by atoms with E-state index < -0.39 is 11.9 Å². The molecule has 0 spiro atoms. The van der Waals surface area contributed by atoms with E-state index in [1.165, 1.54) is 13.8 Å². The molecule has 0 atom stereocenters. The number of carboxylic acids is 2. The summed E-state index contributed by atoms with van der Waals surface area (Å²) in [5, 5.41) is 17.4. The summed E-state index contributed by atoms with van der Waals surface area (Å²) in [6.07, 6.45) is -0.255. The molecule has 78 valence electrons. The van der Waals surface area contributed by atoms with Gasteiger partial charge in [-0.05, 0) is 13.3 Å². The highest BCUT2D eigenvalue weighted by Gasteiger charge is 2.19. The average molecular weight is 200 g/mol. The van der Waals surface area contributed by atoms with Crippen LogP contribution in [0, 0.1) is 0 Å². The number of rotatable bonds is 5. The lowest BCUT2D eigenvalue weighted by molar-refractivity contribution is -0.136. The highest BCUT2D eigenvalue weighted by atomic mass is 16.4. The summed E-state index contributed by atoms with van der Waals surface area (Å²) in [4.78, 5) is 32.0. The maximum atomic E-state index is 10.7. The van der Waals surface area contributed by atoms with Crippen molar-refractivity contribution in [3.63, 3.8) is 0 Å². The third kappa shape index (κ3) is 3.38. The minimum absolute atomic E-state index is 0.0875. The predicted octanol–water partition coefficient (Wildman–Crippen LogP) is 0.841. The second-order valence-corrected chi connectivity index (χ2v) is 2.80. The second kappa shape index (κ2) is 5.16.